The van der Waals surface area contributed by atoms with Crippen LogP contribution in [0.15, 0.2) is 125 Å². The molecule has 44 heavy (non-hydrogen) atoms. The molecule has 0 aliphatic carbocycles. The van der Waals surface area contributed by atoms with Crippen molar-refractivity contribution in [2.45, 2.75) is 27.2 Å². The molecule has 1 aromatic heterocycles. The van der Waals surface area contributed by atoms with Crippen LogP contribution in [0.5, 0.6) is 5.75 Å². The number of benzene rings is 6. The molecule has 0 saturated heterocycles. The van der Waals surface area contributed by atoms with Gasteiger partial charge in [0.05, 0.1) is 0 Å². The van der Waals surface area contributed by atoms with Crippen molar-refractivity contribution < 1.29 is 9.15 Å². The van der Waals surface area contributed by atoms with Gasteiger partial charge in [-0.05, 0) is 82.3 Å². The Balaban J connectivity index is 1.35. The highest BCUT2D eigenvalue weighted by Crippen LogP contribution is 2.46. The highest BCUT2D eigenvalue weighted by atomic mass is 16.5. The molecule has 1 aliphatic heterocycles. The van der Waals surface area contributed by atoms with Crippen LogP contribution in [0, 0.1) is 13.8 Å². The maximum Gasteiger partial charge on any atom is 0.142 e. The quantitative estimate of drug-likeness (QED) is 0.211. The molecule has 2 heteroatoms. The minimum atomic E-state index is 0.770. The van der Waals surface area contributed by atoms with E-state index in [0.29, 0.717) is 0 Å². The van der Waals surface area contributed by atoms with Crippen molar-refractivity contribution in [1.82, 2.24) is 0 Å². The minimum absolute atomic E-state index is 0.770. The van der Waals surface area contributed by atoms with E-state index in [4.69, 9.17) is 9.15 Å². The number of hydrogen-bond acceptors (Lipinski definition) is 2. The van der Waals surface area contributed by atoms with Gasteiger partial charge in [-0.15, -0.1) is 0 Å². The highest BCUT2D eigenvalue weighted by molar-refractivity contribution is 6.13. The lowest BCUT2D eigenvalue weighted by Gasteiger charge is -2.20. The average Bonchev–Trinajstić information content (AvgIpc) is 3.61. The molecule has 0 saturated carbocycles. The van der Waals surface area contributed by atoms with E-state index in [1.807, 2.05) is 12.1 Å². The van der Waals surface area contributed by atoms with Crippen molar-refractivity contribution in [2.75, 3.05) is 0 Å². The third-order valence-electron chi connectivity index (χ3n) is 9.03. The van der Waals surface area contributed by atoms with E-state index in [1.54, 1.807) is 0 Å². The second-order valence-corrected chi connectivity index (χ2v) is 11.7. The van der Waals surface area contributed by atoms with Gasteiger partial charge < -0.3 is 9.15 Å². The Morgan fingerprint density at radius 3 is 2.20 bits per heavy atom. The summed E-state index contributed by atoms with van der Waals surface area (Å²) in [4.78, 5) is 0. The summed E-state index contributed by atoms with van der Waals surface area (Å²) < 4.78 is 12.9. The van der Waals surface area contributed by atoms with Crippen LogP contribution in [0.4, 0.5) is 0 Å². The Kier molecular flexibility index (Phi) is 6.23. The number of hydrogen-bond donors (Lipinski definition) is 0. The van der Waals surface area contributed by atoms with Gasteiger partial charge in [-0.1, -0.05) is 109 Å². The molecule has 0 unspecified atom stereocenters. The number of para-hydroxylation sites is 2. The van der Waals surface area contributed by atoms with Crippen molar-refractivity contribution in [3.8, 4) is 28.0 Å². The topological polar surface area (TPSA) is 22.4 Å². The SMILES string of the molecule is C/C=C\c1c(C)c(-c2cccc3c(C)c(/C=C4\Cc5ccccc5O4)oc23)c2ccccc2c1-c1ccc2ccccc2c1. The minimum Gasteiger partial charge on any atom is -0.461 e. The summed E-state index contributed by atoms with van der Waals surface area (Å²) in [5, 5.41) is 6.07. The van der Waals surface area contributed by atoms with Gasteiger partial charge in [-0.3, -0.25) is 0 Å². The van der Waals surface area contributed by atoms with Crippen molar-refractivity contribution in [1.29, 1.82) is 0 Å². The van der Waals surface area contributed by atoms with Gasteiger partial charge in [0, 0.05) is 34.6 Å². The van der Waals surface area contributed by atoms with Crippen LogP contribution in [-0.4, -0.2) is 0 Å². The molecule has 2 heterocycles. The van der Waals surface area contributed by atoms with Gasteiger partial charge in [0.1, 0.15) is 22.9 Å². The molecule has 0 N–H and O–H groups in total. The summed E-state index contributed by atoms with van der Waals surface area (Å²) in [6, 6.07) is 38.9. The van der Waals surface area contributed by atoms with E-state index in [0.717, 1.165) is 45.8 Å². The Bertz CT molecular complexity index is 2280. The Hall–Kier alpha value is -5.34. The second kappa shape index (κ2) is 10.4. The van der Waals surface area contributed by atoms with Crippen LogP contribution in [0.3, 0.4) is 0 Å². The molecule has 1 aliphatic rings. The summed E-state index contributed by atoms with van der Waals surface area (Å²) >= 11 is 0. The fraction of sp³-hybridized carbons (Fsp3) is 0.0952. The Labute approximate surface area is 257 Å². The van der Waals surface area contributed by atoms with Crippen LogP contribution in [0.2, 0.25) is 0 Å². The molecule has 0 bridgehead atoms. The summed E-state index contributed by atoms with van der Waals surface area (Å²) in [6.07, 6.45) is 7.24. The van der Waals surface area contributed by atoms with Crippen molar-refractivity contribution >= 4 is 44.7 Å². The van der Waals surface area contributed by atoms with Gasteiger partial charge in [0.2, 0.25) is 0 Å². The highest BCUT2D eigenvalue weighted by Gasteiger charge is 2.23. The lowest BCUT2D eigenvalue weighted by molar-refractivity contribution is 0.449. The van der Waals surface area contributed by atoms with Crippen molar-refractivity contribution in [3.05, 3.63) is 149 Å². The molecule has 8 rings (SSSR count). The van der Waals surface area contributed by atoms with Gasteiger partial charge in [-0.2, -0.15) is 0 Å². The summed E-state index contributed by atoms with van der Waals surface area (Å²) in [7, 11) is 0. The smallest absolute Gasteiger partial charge is 0.142 e. The molecule has 212 valence electrons. The van der Waals surface area contributed by atoms with E-state index in [1.165, 1.54) is 54.9 Å². The van der Waals surface area contributed by atoms with Crippen molar-refractivity contribution in [3.63, 3.8) is 0 Å². The van der Waals surface area contributed by atoms with Crippen LogP contribution in [-0.2, 0) is 6.42 Å². The zero-order valence-electron chi connectivity index (χ0n) is 25.1. The van der Waals surface area contributed by atoms with Crippen LogP contribution in [0.25, 0.3) is 66.9 Å². The maximum atomic E-state index is 6.74. The lowest BCUT2D eigenvalue weighted by atomic mass is 9.83. The largest absolute Gasteiger partial charge is 0.461 e. The number of allylic oxidation sites excluding steroid dienone is 2. The van der Waals surface area contributed by atoms with Crippen LogP contribution in [0.1, 0.15) is 34.9 Å². The first kappa shape index (κ1) is 26.3. The predicted molar refractivity (Wildman–Crippen MR) is 185 cm³/mol. The van der Waals surface area contributed by atoms with Crippen LogP contribution >= 0.6 is 0 Å². The molecule has 7 aromatic rings. The maximum absolute atomic E-state index is 6.74. The first-order valence-electron chi connectivity index (χ1n) is 15.3. The number of fused-ring (bicyclic) bond motifs is 4. The third kappa shape index (κ3) is 4.18. The predicted octanol–water partition coefficient (Wildman–Crippen LogP) is 11.7. The van der Waals surface area contributed by atoms with Crippen molar-refractivity contribution in [2.24, 2.45) is 0 Å². The number of aryl methyl sites for hydroxylation is 1. The Morgan fingerprint density at radius 1 is 0.659 bits per heavy atom. The van der Waals surface area contributed by atoms with E-state index < -0.39 is 0 Å². The molecule has 0 amide bonds. The zero-order chi connectivity index (χ0) is 29.8. The monoisotopic (exact) mass is 568 g/mol. The van der Waals surface area contributed by atoms with Gasteiger partial charge >= 0.3 is 0 Å². The van der Waals surface area contributed by atoms with E-state index in [2.05, 4.69) is 136 Å². The number of rotatable bonds is 4. The Morgan fingerprint density at radius 2 is 1.39 bits per heavy atom. The molecule has 0 atom stereocenters. The zero-order valence-corrected chi connectivity index (χ0v) is 25.1. The molecular formula is C42H32O2. The van der Waals surface area contributed by atoms with E-state index in [9.17, 15) is 0 Å². The average molecular weight is 569 g/mol. The normalized spacial score (nSPS) is 13.8. The summed E-state index contributed by atoms with van der Waals surface area (Å²) in [6.45, 7) is 6.49. The van der Waals surface area contributed by atoms with Gasteiger partial charge in [-0.25, -0.2) is 0 Å². The molecular weight excluding hydrogens is 536 g/mol. The fourth-order valence-corrected chi connectivity index (χ4v) is 6.90. The fourth-order valence-electron chi connectivity index (χ4n) is 6.90. The molecule has 0 radical (unpaired) electrons. The standard InChI is InChI=1S/C42H32O2/c1-4-12-33-27(3)40(35-16-8-9-17-36(35)41(33)31-22-21-28-13-5-6-14-29(28)23-31)37-19-11-18-34-26(2)39(44-42(34)37)25-32-24-30-15-7-10-20-38(30)43-32/h4-23,25H,24H2,1-3H3/b12-4-,32-25+. The summed E-state index contributed by atoms with van der Waals surface area (Å²) in [5.74, 6) is 2.68. The number of ether oxygens (including phenoxy) is 1. The van der Waals surface area contributed by atoms with Crippen LogP contribution < -0.4 is 4.74 Å². The third-order valence-corrected chi connectivity index (χ3v) is 9.03. The number of furan rings is 1. The van der Waals surface area contributed by atoms with Gasteiger partial charge in [0.15, 0.2) is 0 Å². The molecule has 0 spiro atoms. The van der Waals surface area contributed by atoms with E-state index >= 15 is 0 Å². The first-order valence-corrected chi connectivity index (χ1v) is 15.3. The van der Waals surface area contributed by atoms with Gasteiger partial charge in [0.25, 0.3) is 0 Å². The summed E-state index contributed by atoms with van der Waals surface area (Å²) in [5.41, 5.74) is 10.5. The molecule has 0 fully saturated rings. The molecule has 6 aromatic carbocycles. The second-order valence-electron chi connectivity index (χ2n) is 11.7. The molecule has 2 nitrogen and oxygen atoms in total. The van der Waals surface area contributed by atoms with E-state index in [-0.39, 0.29) is 0 Å². The first-order chi connectivity index (χ1) is 21.6. The lowest BCUT2D eigenvalue weighted by Crippen LogP contribution is -1.96.